The van der Waals surface area contributed by atoms with Gasteiger partial charge in [0.15, 0.2) is 0 Å². The van der Waals surface area contributed by atoms with Gasteiger partial charge in [-0.1, -0.05) is 72.8 Å². The van der Waals surface area contributed by atoms with Gasteiger partial charge in [-0.25, -0.2) is 10.4 Å². The van der Waals surface area contributed by atoms with Crippen LogP contribution in [0.5, 0.6) is 0 Å². The lowest BCUT2D eigenvalue weighted by Crippen LogP contribution is -2.22. The van der Waals surface area contributed by atoms with Crippen LogP contribution in [0, 0.1) is 0 Å². The highest BCUT2D eigenvalue weighted by molar-refractivity contribution is 6.07. The number of nitrogens with one attached hydrogen (secondary N) is 1. The Kier molecular flexibility index (Phi) is 5.30. The summed E-state index contributed by atoms with van der Waals surface area (Å²) in [6.45, 7) is 0. The number of para-hydroxylation sites is 1. The average molecular weight is 394 g/mol. The Hall–Kier alpha value is -4.32. The summed E-state index contributed by atoms with van der Waals surface area (Å²) in [6, 6.07) is 24.8. The zero-order valence-electron chi connectivity index (χ0n) is 15.8. The van der Waals surface area contributed by atoms with E-state index >= 15 is 0 Å². The van der Waals surface area contributed by atoms with E-state index in [1.54, 1.807) is 18.2 Å². The van der Waals surface area contributed by atoms with Crippen LogP contribution in [0.2, 0.25) is 0 Å². The first-order chi connectivity index (χ1) is 14.6. The SMILES string of the molecule is O=C([O-])c1ccc(/C=N\NC(=O)c2cc(-c3ccccc3)nc3ccccc23)cc1. The number of nitrogens with zero attached hydrogens (tertiary/aromatic N) is 2. The van der Waals surface area contributed by atoms with Crippen molar-refractivity contribution in [2.24, 2.45) is 5.10 Å². The highest BCUT2D eigenvalue weighted by Crippen LogP contribution is 2.24. The summed E-state index contributed by atoms with van der Waals surface area (Å²) in [5.74, 6) is -1.61. The summed E-state index contributed by atoms with van der Waals surface area (Å²) >= 11 is 0. The van der Waals surface area contributed by atoms with Crippen LogP contribution in [0.25, 0.3) is 22.2 Å². The molecule has 0 saturated carbocycles. The zero-order chi connectivity index (χ0) is 20.9. The molecule has 30 heavy (non-hydrogen) atoms. The van der Waals surface area contributed by atoms with Gasteiger partial charge in [-0.2, -0.15) is 5.10 Å². The monoisotopic (exact) mass is 394 g/mol. The van der Waals surface area contributed by atoms with Crippen molar-refractivity contribution in [2.75, 3.05) is 0 Å². The van der Waals surface area contributed by atoms with E-state index in [0.717, 1.165) is 10.9 Å². The van der Waals surface area contributed by atoms with Crippen LogP contribution in [0.4, 0.5) is 0 Å². The summed E-state index contributed by atoms with van der Waals surface area (Å²) in [6.07, 6.45) is 1.44. The Morgan fingerprint density at radius 3 is 2.33 bits per heavy atom. The van der Waals surface area contributed by atoms with Gasteiger partial charge in [-0.3, -0.25) is 4.79 Å². The molecule has 3 aromatic carbocycles. The third-order valence-corrected chi connectivity index (χ3v) is 4.56. The Labute approximate surface area is 172 Å². The smallest absolute Gasteiger partial charge is 0.272 e. The van der Waals surface area contributed by atoms with Crippen LogP contribution < -0.4 is 10.5 Å². The number of carboxylic acid groups (broad SMARTS) is 1. The van der Waals surface area contributed by atoms with E-state index in [2.05, 4.69) is 15.5 Å². The minimum atomic E-state index is -1.24. The molecule has 0 saturated heterocycles. The predicted molar refractivity (Wildman–Crippen MR) is 113 cm³/mol. The lowest BCUT2D eigenvalue weighted by molar-refractivity contribution is -0.255. The third kappa shape index (κ3) is 4.07. The van der Waals surface area contributed by atoms with Crippen molar-refractivity contribution >= 4 is 29.0 Å². The standard InChI is InChI=1S/C24H17N3O3/c28-23(27-25-15-16-10-12-18(13-11-16)24(29)30)20-14-22(17-6-2-1-3-7-17)26-21-9-5-4-8-19(20)21/h1-15H,(H,27,28)(H,29,30)/p-1/b25-15-. The number of fused-ring (bicyclic) bond motifs is 1. The molecule has 0 atom stereocenters. The Bertz CT molecular complexity index is 1250. The molecule has 0 aliphatic carbocycles. The lowest BCUT2D eigenvalue weighted by Gasteiger charge is -2.09. The maximum absolute atomic E-state index is 12.8. The van der Waals surface area contributed by atoms with Crippen LogP contribution in [0.1, 0.15) is 26.3 Å². The third-order valence-electron chi connectivity index (χ3n) is 4.56. The van der Waals surface area contributed by atoms with Crippen molar-refractivity contribution in [1.82, 2.24) is 10.4 Å². The number of carbonyl (C=O) groups is 2. The van der Waals surface area contributed by atoms with E-state index in [9.17, 15) is 14.7 Å². The molecule has 0 aliphatic rings. The number of rotatable bonds is 5. The number of aromatic nitrogens is 1. The van der Waals surface area contributed by atoms with E-state index in [1.165, 1.54) is 18.3 Å². The normalized spacial score (nSPS) is 10.9. The molecule has 0 radical (unpaired) electrons. The predicted octanol–water partition coefficient (Wildman–Crippen LogP) is 3.03. The second-order valence-electron chi connectivity index (χ2n) is 6.55. The molecule has 4 aromatic rings. The first kappa shape index (κ1) is 19.0. The Morgan fingerprint density at radius 2 is 1.60 bits per heavy atom. The number of hydrogen-bond donors (Lipinski definition) is 1. The topological polar surface area (TPSA) is 94.5 Å². The summed E-state index contributed by atoms with van der Waals surface area (Å²) in [5.41, 5.74) is 6.03. The van der Waals surface area contributed by atoms with Crippen molar-refractivity contribution in [3.8, 4) is 11.3 Å². The first-order valence-corrected chi connectivity index (χ1v) is 9.22. The molecular weight excluding hydrogens is 378 g/mol. The largest absolute Gasteiger partial charge is 0.545 e. The molecule has 146 valence electrons. The number of amides is 1. The quantitative estimate of drug-likeness (QED) is 0.416. The van der Waals surface area contributed by atoms with Crippen molar-refractivity contribution in [3.63, 3.8) is 0 Å². The molecule has 0 bridgehead atoms. The fourth-order valence-corrected chi connectivity index (χ4v) is 3.05. The van der Waals surface area contributed by atoms with E-state index < -0.39 is 5.97 Å². The maximum atomic E-state index is 12.8. The van der Waals surface area contributed by atoms with Crippen LogP contribution in [-0.4, -0.2) is 23.1 Å². The summed E-state index contributed by atoms with van der Waals surface area (Å²) < 4.78 is 0. The highest BCUT2D eigenvalue weighted by atomic mass is 16.4. The molecule has 1 aromatic heterocycles. The van der Waals surface area contributed by atoms with Crippen LogP contribution in [0.15, 0.2) is 90.0 Å². The van der Waals surface area contributed by atoms with Crippen molar-refractivity contribution < 1.29 is 14.7 Å². The maximum Gasteiger partial charge on any atom is 0.272 e. The number of hydrazone groups is 1. The molecule has 0 fully saturated rings. The van der Waals surface area contributed by atoms with E-state index in [0.29, 0.717) is 22.3 Å². The molecule has 6 heteroatoms. The number of benzene rings is 3. The minimum Gasteiger partial charge on any atom is -0.545 e. The highest BCUT2D eigenvalue weighted by Gasteiger charge is 2.13. The molecule has 6 nitrogen and oxygen atoms in total. The van der Waals surface area contributed by atoms with E-state index in [1.807, 2.05) is 54.6 Å². The van der Waals surface area contributed by atoms with Gasteiger partial charge in [0.2, 0.25) is 0 Å². The second kappa shape index (κ2) is 8.36. The number of aromatic carboxylic acids is 1. The lowest BCUT2D eigenvalue weighted by atomic mass is 10.0. The van der Waals surface area contributed by atoms with Crippen molar-refractivity contribution in [1.29, 1.82) is 0 Å². The fourth-order valence-electron chi connectivity index (χ4n) is 3.05. The number of carboxylic acids is 1. The van der Waals surface area contributed by atoms with Gasteiger partial charge in [0.05, 0.1) is 29.0 Å². The number of hydrogen-bond acceptors (Lipinski definition) is 5. The van der Waals surface area contributed by atoms with Gasteiger partial charge >= 0.3 is 0 Å². The zero-order valence-corrected chi connectivity index (χ0v) is 15.8. The molecule has 0 spiro atoms. The summed E-state index contributed by atoms with van der Waals surface area (Å²) in [4.78, 5) is 28.3. The van der Waals surface area contributed by atoms with E-state index in [4.69, 9.17) is 0 Å². The second-order valence-corrected chi connectivity index (χ2v) is 6.55. The molecule has 1 amide bonds. The van der Waals surface area contributed by atoms with Crippen molar-refractivity contribution in [3.05, 3.63) is 102 Å². The van der Waals surface area contributed by atoms with Crippen molar-refractivity contribution in [2.45, 2.75) is 0 Å². The Morgan fingerprint density at radius 1 is 0.900 bits per heavy atom. The molecular formula is C24H16N3O3-. The van der Waals surface area contributed by atoms with Crippen LogP contribution in [0.3, 0.4) is 0 Å². The van der Waals surface area contributed by atoms with Gasteiger partial charge in [0.25, 0.3) is 5.91 Å². The fraction of sp³-hybridized carbons (Fsp3) is 0. The average Bonchev–Trinajstić information content (AvgIpc) is 2.79. The molecule has 1 heterocycles. The van der Waals surface area contributed by atoms with Gasteiger partial charge in [0, 0.05) is 10.9 Å². The Balaban J connectivity index is 1.61. The minimum absolute atomic E-state index is 0.0767. The summed E-state index contributed by atoms with van der Waals surface area (Å²) in [7, 11) is 0. The van der Waals surface area contributed by atoms with Crippen LogP contribution in [-0.2, 0) is 0 Å². The molecule has 4 rings (SSSR count). The summed E-state index contributed by atoms with van der Waals surface area (Å²) in [5, 5.41) is 15.5. The number of pyridine rings is 1. The van der Waals surface area contributed by atoms with Gasteiger partial charge < -0.3 is 9.90 Å². The van der Waals surface area contributed by atoms with Gasteiger partial charge in [-0.15, -0.1) is 0 Å². The van der Waals surface area contributed by atoms with E-state index in [-0.39, 0.29) is 11.5 Å². The first-order valence-electron chi connectivity index (χ1n) is 9.22. The van der Waals surface area contributed by atoms with Crippen LogP contribution >= 0.6 is 0 Å². The molecule has 0 aliphatic heterocycles. The van der Waals surface area contributed by atoms with Gasteiger partial charge in [-0.05, 0) is 23.3 Å². The molecule has 0 unspecified atom stereocenters. The molecule has 1 N–H and O–H groups in total. The number of carbonyl (C=O) groups excluding carboxylic acids is 2. The van der Waals surface area contributed by atoms with Gasteiger partial charge in [0.1, 0.15) is 0 Å².